The molecule has 0 bridgehead atoms. The topological polar surface area (TPSA) is 57.6 Å². The highest BCUT2D eigenvalue weighted by molar-refractivity contribution is 6.29. The molecular formula is C18H16ClNO3. The fourth-order valence-electron chi connectivity index (χ4n) is 2.63. The van der Waals surface area contributed by atoms with Gasteiger partial charge in [-0.25, -0.2) is 0 Å². The first-order chi connectivity index (χ1) is 10.9. The Balaban J connectivity index is 2.07. The van der Waals surface area contributed by atoms with Crippen LogP contribution in [0.2, 0.25) is 0 Å². The number of carbonyl (C=O) groups excluding carboxylic acids is 2. The molecule has 0 aliphatic heterocycles. The lowest BCUT2D eigenvalue weighted by molar-refractivity contribution is 0.0979. The highest BCUT2D eigenvalue weighted by Gasteiger charge is 2.30. The Morgan fingerprint density at radius 1 is 0.913 bits per heavy atom. The first kappa shape index (κ1) is 15.7. The van der Waals surface area contributed by atoms with Gasteiger partial charge in [0.05, 0.1) is 5.69 Å². The summed E-state index contributed by atoms with van der Waals surface area (Å²) in [6.45, 7) is 3.67. The molecule has 23 heavy (non-hydrogen) atoms. The summed E-state index contributed by atoms with van der Waals surface area (Å²) in [7, 11) is 0. The molecule has 2 aromatic carbocycles. The molecule has 1 aliphatic rings. The fourth-order valence-corrected chi connectivity index (χ4v) is 2.97. The van der Waals surface area contributed by atoms with E-state index in [2.05, 4.69) is 0 Å². The second kappa shape index (κ2) is 5.80. The summed E-state index contributed by atoms with van der Waals surface area (Å²) in [5, 5.41) is 10.1. The molecule has 0 aromatic heterocycles. The Labute approximate surface area is 139 Å². The first-order valence-corrected chi connectivity index (χ1v) is 7.71. The third-order valence-electron chi connectivity index (χ3n) is 3.98. The number of ketones is 2. The molecule has 0 radical (unpaired) electrons. The van der Waals surface area contributed by atoms with Crippen molar-refractivity contribution >= 4 is 29.0 Å². The van der Waals surface area contributed by atoms with Gasteiger partial charge < -0.3 is 5.11 Å². The summed E-state index contributed by atoms with van der Waals surface area (Å²) in [6, 6.07) is 11.6. The van der Waals surface area contributed by atoms with E-state index in [9.17, 15) is 14.7 Å². The highest BCUT2D eigenvalue weighted by atomic mass is 35.5. The van der Waals surface area contributed by atoms with Crippen LogP contribution in [0.1, 0.15) is 45.7 Å². The van der Waals surface area contributed by atoms with E-state index >= 15 is 0 Å². The largest absolute Gasteiger partial charge is 0.372 e. The minimum absolute atomic E-state index is 0.0819. The minimum atomic E-state index is -0.892. The van der Waals surface area contributed by atoms with Gasteiger partial charge in [-0.3, -0.25) is 14.0 Å². The number of anilines is 1. The number of carbonyl (C=O) groups is 2. The minimum Gasteiger partial charge on any atom is -0.372 e. The summed E-state index contributed by atoms with van der Waals surface area (Å²) in [5.41, 5.74) is 1.97. The van der Waals surface area contributed by atoms with Gasteiger partial charge in [-0.1, -0.05) is 38.1 Å². The van der Waals surface area contributed by atoms with E-state index in [4.69, 9.17) is 11.8 Å². The van der Waals surface area contributed by atoms with Crippen LogP contribution in [-0.2, 0) is 0 Å². The molecule has 0 saturated heterocycles. The quantitative estimate of drug-likeness (QED) is 0.591. The van der Waals surface area contributed by atoms with E-state index in [1.807, 2.05) is 13.8 Å². The Hall–Kier alpha value is -2.17. The molecule has 0 fully saturated rings. The lowest BCUT2D eigenvalue weighted by atomic mass is 9.84. The highest BCUT2D eigenvalue weighted by Crippen LogP contribution is 2.31. The molecule has 1 unspecified atom stereocenters. The number of rotatable bonds is 3. The smallest absolute Gasteiger partial charge is 0.194 e. The number of halogens is 1. The maximum Gasteiger partial charge on any atom is 0.194 e. The number of fused-ring (bicyclic) bond motifs is 2. The number of hydrogen-bond donors (Lipinski definition) is 1. The molecule has 4 nitrogen and oxygen atoms in total. The SMILES string of the molecule is CC(C)C(O)N(Cl)c1ccc2c(c1)C(=O)c1ccccc1C2=O. The van der Waals surface area contributed by atoms with Crippen LogP contribution in [0.4, 0.5) is 5.69 Å². The van der Waals surface area contributed by atoms with Crippen molar-refractivity contribution in [2.75, 3.05) is 4.42 Å². The third-order valence-corrected chi connectivity index (χ3v) is 4.38. The third kappa shape index (κ3) is 2.54. The number of aliphatic hydroxyl groups excluding tert-OH is 1. The number of hydrogen-bond acceptors (Lipinski definition) is 4. The molecule has 1 aliphatic carbocycles. The summed E-state index contributed by atoms with van der Waals surface area (Å²) < 4.78 is 1.18. The predicted octanol–water partition coefficient (Wildman–Crippen LogP) is 3.40. The van der Waals surface area contributed by atoms with Crippen molar-refractivity contribution < 1.29 is 14.7 Å². The van der Waals surface area contributed by atoms with Gasteiger partial charge in [0.15, 0.2) is 11.6 Å². The number of benzene rings is 2. The van der Waals surface area contributed by atoms with Crippen molar-refractivity contribution in [3.63, 3.8) is 0 Å². The van der Waals surface area contributed by atoms with Crippen molar-refractivity contribution in [2.45, 2.75) is 20.1 Å². The van der Waals surface area contributed by atoms with Crippen LogP contribution in [0.15, 0.2) is 42.5 Å². The second-order valence-corrected chi connectivity index (χ2v) is 6.27. The molecule has 3 rings (SSSR count). The maximum atomic E-state index is 12.7. The molecule has 0 amide bonds. The van der Waals surface area contributed by atoms with Gasteiger partial charge in [0.2, 0.25) is 0 Å². The van der Waals surface area contributed by atoms with Crippen LogP contribution in [0.3, 0.4) is 0 Å². The molecular weight excluding hydrogens is 314 g/mol. The standard InChI is InChI=1S/C18H16ClNO3/c1-10(2)18(23)20(19)11-7-8-14-15(9-11)17(22)13-6-4-3-5-12(13)16(14)21/h3-10,18,23H,1-2H3. The molecule has 0 heterocycles. The molecule has 1 N–H and O–H groups in total. The Morgan fingerprint density at radius 2 is 1.43 bits per heavy atom. The summed E-state index contributed by atoms with van der Waals surface area (Å²) in [6.07, 6.45) is -0.892. The van der Waals surface area contributed by atoms with Gasteiger partial charge in [0.25, 0.3) is 0 Å². The average molecular weight is 330 g/mol. The van der Waals surface area contributed by atoms with Crippen molar-refractivity contribution in [3.05, 3.63) is 64.7 Å². The number of nitrogens with zero attached hydrogens (tertiary/aromatic N) is 1. The normalized spacial score (nSPS) is 14.5. The molecule has 0 saturated carbocycles. The van der Waals surface area contributed by atoms with Gasteiger partial charge in [0, 0.05) is 34.0 Å². The fraction of sp³-hybridized carbons (Fsp3) is 0.222. The zero-order valence-electron chi connectivity index (χ0n) is 12.8. The van der Waals surface area contributed by atoms with E-state index in [0.717, 1.165) is 0 Å². The van der Waals surface area contributed by atoms with Crippen molar-refractivity contribution in [2.24, 2.45) is 5.92 Å². The first-order valence-electron chi connectivity index (χ1n) is 7.37. The van der Waals surface area contributed by atoms with E-state index in [-0.39, 0.29) is 17.5 Å². The second-order valence-electron chi connectivity index (χ2n) is 5.90. The van der Waals surface area contributed by atoms with Crippen LogP contribution in [-0.4, -0.2) is 22.9 Å². The Bertz CT molecular complexity index is 801. The maximum absolute atomic E-state index is 12.7. The van der Waals surface area contributed by atoms with Gasteiger partial charge in [-0.05, 0) is 24.1 Å². The van der Waals surface area contributed by atoms with Gasteiger partial charge in [0.1, 0.15) is 6.23 Å². The monoisotopic (exact) mass is 329 g/mol. The van der Waals surface area contributed by atoms with Crippen LogP contribution < -0.4 is 4.42 Å². The van der Waals surface area contributed by atoms with Crippen LogP contribution >= 0.6 is 11.8 Å². The Kier molecular flexibility index (Phi) is 3.96. The van der Waals surface area contributed by atoms with Crippen LogP contribution in [0, 0.1) is 5.92 Å². The lowest BCUT2D eigenvalue weighted by Crippen LogP contribution is -2.32. The zero-order chi connectivity index (χ0) is 16.7. The van der Waals surface area contributed by atoms with Crippen molar-refractivity contribution in [1.29, 1.82) is 0 Å². The predicted molar refractivity (Wildman–Crippen MR) is 88.9 cm³/mol. The van der Waals surface area contributed by atoms with Crippen molar-refractivity contribution in [1.82, 2.24) is 0 Å². The molecule has 0 spiro atoms. The molecule has 118 valence electrons. The van der Waals surface area contributed by atoms with Gasteiger partial charge in [-0.15, -0.1) is 0 Å². The van der Waals surface area contributed by atoms with E-state index in [0.29, 0.717) is 27.9 Å². The van der Waals surface area contributed by atoms with E-state index in [1.165, 1.54) is 4.42 Å². The van der Waals surface area contributed by atoms with E-state index in [1.54, 1.807) is 42.5 Å². The summed E-state index contributed by atoms with van der Waals surface area (Å²) in [4.78, 5) is 25.2. The van der Waals surface area contributed by atoms with Crippen molar-refractivity contribution in [3.8, 4) is 0 Å². The molecule has 2 aromatic rings. The number of aliphatic hydroxyl groups is 1. The zero-order valence-corrected chi connectivity index (χ0v) is 13.5. The molecule has 5 heteroatoms. The van der Waals surface area contributed by atoms with Gasteiger partial charge in [-0.2, -0.15) is 0 Å². The van der Waals surface area contributed by atoms with E-state index < -0.39 is 6.23 Å². The van der Waals surface area contributed by atoms with Gasteiger partial charge >= 0.3 is 0 Å². The average Bonchev–Trinajstić information content (AvgIpc) is 2.57. The van der Waals surface area contributed by atoms with Crippen LogP contribution in [0.5, 0.6) is 0 Å². The Morgan fingerprint density at radius 3 is 2.00 bits per heavy atom. The molecule has 1 atom stereocenters. The lowest BCUT2D eigenvalue weighted by Gasteiger charge is -2.26. The summed E-state index contributed by atoms with van der Waals surface area (Å²) >= 11 is 6.17. The van der Waals surface area contributed by atoms with Crippen LogP contribution in [0.25, 0.3) is 0 Å². The summed E-state index contributed by atoms with van der Waals surface area (Å²) in [5.74, 6) is -0.463.